The van der Waals surface area contributed by atoms with E-state index in [9.17, 15) is 0 Å². The molecule has 2 rings (SSSR count). The first-order valence-corrected chi connectivity index (χ1v) is 5.67. The molecule has 0 bridgehead atoms. The van der Waals surface area contributed by atoms with Crippen LogP contribution in [0.5, 0.6) is 0 Å². The molecule has 2 aromatic rings. The van der Waals surface area contributed by atoms with E-state index in [1.165, 1.54) is 11.1 Å². The number of benzene rings is 2. The second-order valence-corrected chi connectivity index (χ2v) is 4.10. The van der Waals surface area contributed by atoms with Crippen LogP contribution in [-0.2, 0) is 0 Å². The van der Waals surface area contributed by atoms with Crippen LogP contribution < -0.4 is 5.43 Å². The molecule has 0 amide bonds. The molecule has 0 saturated carbocycles. The summed E-state index contributed by atoms with van der Waals surface area (Å²) in [5.41, 5.74) is 7.62. The first-order chi connectivity index (χ1) is 8.25. The van der Waals surface area contributed by atoms with Gasteiger partial charge in [-0.15, -0.1) is 0 Å². The van der Waals surface area contributed by atoms with Crippen LogP contribution in [0.2, 0.25) is 0 Å². The van der Waals surface area contributed by atoms with Gasteiger partial charge in [-0.1, -0.05) is 36.4 Å². The first kappa shape index (κ1) is 11.4. The Hall–Kier alpha value is -2.09. The number of hydrogen-bond donors (Lipinski definition) is 1. The molecule has 0 aliphatic rings. The number of aryl methyl sites for hydroxylation is 2. The highest BCUT2D eigenvalue weighted by Crippen LogP contribution is 2.09. The van der Waals surface area contributed by atoms with Crippen molar-refractivity contribution < 1.29 is 0 Å². The Morgan fingerprint density at radius 2 is 1.82 bits per heavy atom. The molecule has 0 radical (unpaired) electrons. The van der Waals surface area contributed by atoms with Crippen LogP contribution in [0.15, 0.2) is 53.6 Å². The predicted molar refractivity (Wildman–Crippen MR) is 73.6 cm³/mol. The summed E-state index contributed by atoms with van der Waals surface area (Å²) in [5, 5.41) is 4.24. The summed E-state index contributed by atoms with van der Waals surface area (Å²) in [4.78, 5) is 0. The molecule has 0 saturated heterocycles. The molecule has 1 N–H and O–H groups in total. The maximum absolute atomic E-state index is 4.24. The molecule has 0 spiro atoms. The van der Waals surface area contributed by atoms with E-state index >= 15 is 0 Å². The van der Waals surface area contributed by atoms with Crippen molar-refractivity contribution in [3.05, 3.63) is 65.2 Å². The van der Waals surface area contributed by atoms with E-state index < -0.39 is 0 Å². The van der Waals surface area contributed by atoms with Crippen molar-refractivity contribution in [2.75, 3.05) is 5.43 Å². The van der Waals surface area contributed by atoms with Gasteiger partial charge in [-0.3, -0.25) is 5.43 Å². The zero-order valence-corrected chi connectivity index (χ0v) is 10.1. The average Bonchev–Trinajstić information content (AvgIpc) is 2.32. The van der Waals surface area contributed by atoms with Crippen LogP contribution >= 0.6 is 0 Å². The Bertz CT molecular complexity index is 530. The minimum Gasteiger partial charge on any atom is -0.278 e. The highest BCUT2D eigenvalue weighted by atomic mass is 15.3. The van der Waals surface area contributed by atoms with Gasteiger partial charge in [0.1, 0.15) is 0 Å². The van der Waals surface area contributed by atoms with Gasteiger partial charge in [0.25, 0.3) is 0 Å². The molecule has 0 aliphatic heterocycles. The van der Waals surface area contributed by atoms with Crippen LogP contribution in [0, 0.1) is 13.8 Å². The normalized spacial score (nSPS) is 10.7. The van der Waals surface area contributed by atoms with Gasteiger partial charge >= 0.3 is 0 Å². The van der Waals surface area contributed by atoms with E-state index in [0.29, 0.717) is 0 Å². The highest BCUT2D eigenvalue weighted by molar-refractivity contribution is 5.82. The zero-order valence-electron chi connectivity index (χ0n) is 10.1. The van der Waals surface area contributed by atoms with Gasteiger partial charge in [0, 0.05) is 0 Å². The third kappa shape index (κ3) is 3.18. The van der Waals surface area contributed by atoms with Crippen molar-refractivity contribution in [2.24, 2.45) is 5.10 Å². The Labute approximate surface area is 102 Å². The molecule has 0 aromatic heterocycles. The quantitative estimate of drug-likeness (QED) is 0.623. The average molecular weight is 224 g/mol. The second-order valence-electron chi connectivity index (χ2n) is 4.10. The van der Waals surface area contributed by atoms with Crippen LogP contribution in [0.1, 0.15) is 16.7 Å². The summed E-state index contributed by atoms with van der Waals surface area (Å²) in [7, 11) is 0. The maximum Gasteiger partial charge on any atom is 0.0564 e. The largest absolute Gasteiger partial charge is 0.278 e. The van der Waals surface area contributed by atoms with Gasteiger partial charge in [-0.2, -0.15) is 5.10 Å². The van der Waals surface area contributed by atoms with E-state index in [0.717, 1.165) is 11.3 Å². The van der Waals surface area contributed by atoms with Crippen LogP contribution in [-0.4, -0.2) is 6.21 Å². The van der Waals surface area contributed by atoms with E-state index in [1.807, 2.05) is 30.5 Å². The maximum atomic E-state index is 4.24. The van der Waals surface area contributed by atoms with Gasteiger partial charge in [0.05, 0.1) is 11.9 Å². The summed E-state index contributed by atoms with van der Waals surface area (Å²) < 4.78 is 0. The molecule has 86 valence electrons. The van der Waals surface area contributed by atoms with Crippen molar-refractivity contribution in [1.29, 1.82) is 0 Å². The number of rotatable bonds is 3. The standard InChI is InChI=1S/C15H16N2/c1-12-6-5-9-15(10-12)17-16-11-14-8-4-3-7-13(14)2/h3-11,17H,1-2H3/b16-11-. The smallest absolute Gasteiger partial charge is 0.0564 e. The van der Waals surface area contributed by atoms with Gasteiger partial charge in [-0.05, 0) is 42.7 Å². The first-order valence-electron chi connectivity index (χ1n) is 5.67. The Morgan fingerprint density at radius 3 is 2.59 bits per heavy atom. The molecule has 17 heavy (non-hydrogen) atoms. The summed E-state index contributed by atoms with van der Waals surface area (Å²) in [5.74, 6) is 0. The van der Waals surface area contributed by atoms with Gasteiger partial charge in [0.15, 0.2) is 0 Å². The fourth-order valence-corrected chi connectivity index (χ4v) is 1.62. The van der Waals surface area contributed by atoms with Gasteiger partial charge in [0.2, 0.25) is 0 Å². The Kier molecular flexibility index (Phi) is 3.55. The lowest BCUT2D eigenvalue weighted by Crippen LogP contribution is -1.92. The molecule has 0 fully saturated rings. The molecule has 2 nitrogen and oxygen atoms in total. The minimum absolute atomic E-state index is 1.01. The van der Waals surface area contributed by atoms with Crippen LogP contribution in [0.4, 0.5) is 5.69 Å². The van der Waals surface area contributed by atoms with Crippen LogP contribution in [0.25, 0.3) is 0 Å². The summed E-state index contributed by atoms with van der Waals surface area (Å²) >= 11 is 0. The van der Waals surface area contributed by atoms with E-state index in [2.05, 4.69) is 48.6 Å². The van der Waals surface area contributed by atoms with E-state index in [1.54, 1.807) is 0 Å². The highest BCUT2D eigenvalue weighted by Gasteiger charge is 1.92. The molecule has 2 aromatic carbocycles. The lowest BCUT2D eigenvalue weighted by Gasteiger charge is -2.01. The lowest BCUT2D eigenvalue weighted by molar-refractivity contribution is 1.32. The summed E-state index contributed by atoms with van der Waals surface area (Å²) in [6.45, 7) is 4.14. The topological polar surface area (TPSA) is 24.4 Å². The Morgan fingerprint density at radius 1 is 1.00 bits per heavy atom. The summed E-state index contributed by atoms with van der Waals surface area (Å²) in [6, 6.07) is 16.3. The third-order valence-corrected chi connectivity index (χ3v) is 2.60. The predicted octanol–water partition coefficient (Wildman–Crippen LogP) is 3.75. The molecule has 0 unspecified atom stereocenters. The monoisotopic (exact) mass is 224 g/mol. The summed E-state index contributed by atoms with van der Waals surface area (Å²) in [6.07, 6.45) is 1.84. The SMILES string of the molecule is Cc1cccc(N/N=C\c2ccccc2C)c1. The van der Waals surface area contributed by atoms with Crippen molar-refractivity contribution in [1.82, 2.24) is 0 Å². The minimum atomic E-state index is 1.01. The van der Waals surface area contributed by atoms with E-state index in [4.69, 9.17) is 0 Å². The number of nitrogens with one attached hydrogen (secondary N) is 1. The third-order valence-electron chi connectivity index (χ3n) is 2.60. The fraction of sp³-hybridized carbons (Fsp3) is 0.133. The van der Waals surface area contributed by atoms with Crippen molar-refractivity contribution in [3.8, 4) is 0 Å². The molecule has 0 atom stereocenters. The molecular weight excluding hydrogens is 208 g/mol. The van der Waals surface area contributed by atoms with Crippen LogP contribution in [0.3, 0.4) is 0 Å². The molecular formula is C15H16N2. The lowest BCUT2D eigenvalue weighted by atomic mass is 10.1. The van der Waals surface area contributed by atoms with Crippen molar-refractivity contribution >= 4 is 11.9 Å². The number of anilines is 1. The second kappa shape index (κ2) is 5.30. The van der Waals surface area contributed by atoms with E-state index in [-0.39, 0.29) is 0 Å². The molecule has 0 aliphatic carbocycles. The molecule has 0 heterocycles. The fourth-order valence-electron chi connectivity index (χ4n) is 1.62. The van der Waals surface area contributed by atoms with Gasteiger partial charge < -0.3 is 0 Å². The number of nitrogens with zero attached hydrogens (tertiary/aromatic N) is 1. The molecule has 2 heteroatoms. The zero-order chi connectivity index (χ0) is 12.1. The van der Waals surface area contributed by atoms with Crippen molar-refractivity contribution in [3.63, 3.8) is 0 Å². The number of hydrazone groups is 1. The van der Waals surface area contributed by atoms with Gasteiger partial charge in [-0.25, -0.2) is 0 Å². The Balaban J connectivity index is 2.06. The van der Waals surface area contributed by atoms with Crippen molar-refractivity contribution in [2.45, 2.75) is 13.8 Å². The number of hydrogen-bond acceptors (Lipinski definition) is 2.